The monoisotopic (exact) mass is 371 g/mol. The molecule has 1 aliphatic rings. The molecular weight excluding hydrogens is 342 g/mol. The Hall–Kier alpha value is -1.69. The highest BCUT2D eigenvalue weighted by molar-refractivity contribution is 7.10. The molecule has 140 valence electrons. The van der Waals surface area contributed by atoms with Gasteiger partial charge in [-0.2, -0.15) is 0 Å². The van der Waals surface area contributed by atoms with E-state index in [1.807, 2.05) is 24.3 Å². The van der Waals surface area contributed by atoms with Crippen LogP contribution in [0.2, 0.25) is 0 Å². The summed E-state index contributed by atoms with van der Waals surface area (Å²) in [6, 6.07) is 14.9. The minimum atomic E-state index is -0.0649. The molecular formula is C21H29N3OS. The zero-order valence-electron chi connectivity index (χ0n) is 15.7. The van der Waals surface area contributed by atoms with E-state index >= 15 is 0 Å². The fraction of sp³-hybridized carbons (Fsp3) is 0.476. The Balaban J connectivity index is 1.61. The summed E-state index contributed by atoms with van der Waals surface area (Å²) in [4.78, 5) is 18.7. The highest BCUT2D eigenvalue weighted by atomic mass is 32.1. The molecule has 0 saturated carbocycles. The average molecular weight is 372 g/mol. The van der Waals surface area contributed by atoms with Crippen LogP contribution >= 0.6 is 11.3 Å². The van der Waals surface area contributed by atoms with Crippen LogP contribution in [0.25, 0.3) is 0 Å². The number of benzene rings is 1. The maximum atomic E-state index is 12.7. The van der Waals surface area contributed by atoms with Crippen LogP contribution in [-0.4, -0.2) is 54.5 Å². The van der Waals surface area contributed by atoms with Gasteiger partial charge in [-0.1, -0.05) is 50.2 Å². The van der Waals surface area contributed by atoms with Crippen molar-refractivity contribution < 1.29 is 4.79 Å². The molecule has 0 spiro atoms. The molecule has 2 heterocycles. The van der Waals surface area contributed by atoms with Crippen molar-refractivity contribution in [1.29, 1.82) is 0 Å². The molecule has 4 nitrogen and oxygen atoms in total. The number of thiophene rings is 1. The van der Waals surface area contributed by atoms with Gasteiger partial charge >= 0.3 is 0 Å². The highest BCUT2D eigenvalue weighted by Crippen LogP contribution is 2.26. The van der Waals surface area contributed by atoms with E-state index in [4.69, 9.17) is 0 Å². The number of nitrogens with one attached hydrogen (secondary N) is 1. The normalized spacial score (nSPS) is 19.0. The van der Waals surface area contributed by atoms with Gasteiger partial charge in [0, 0.05) is 24.0 Å². The third-order valence-corrected chi connectivity index (χ3v) is 6.15. The van der Waals surface area contributed by atoms with Crippen LogP contribution in [-0.2, 0) is 4.79 Å². The molecule has 26 heavy (non-hydrogen) atoms. The first-order valence-electron chi connectivity index (χ1n) is 9.55. The van der Waals surface area contributed by atoms with Gasteiger partial charge < -0.3 is 5.32 Å². The molecule has 0 bridgehead atoms. The number of amides is 1. The SMILES string of the molecule is CCN(CC)C1CCN(CC(=O)NC(c2ccccc2)c2cccs2)C1. The van der Waals surface area contributed by atoms with Gasteiger partial charge in [-0.25, -0.2) is 0 Å². The van der Waals surface area contributed by atoms with Gasteiger partial charge in [-0.15, -0.1) is 11.3 Å². The molecule has 1 aliphatic heterocycles. The maximum Gasteiger partial charge on any atom is 0.234 e. The largest absolute Gasteiger partial charge is 0.343 e. The van der Waals surface area contributed by atoms with Crippen LogP contribution in [0.1, 0.15) is 36.8 Å². The quantitative estimate of drug-likeness (QED) is 0.773. The lowest BCUT2D eigenvalue weighted by atomic mass is 10.1. The Labute approximate surface area is 160 Å². The van der Waals surface area contributed by atoms with Gasteiger partial charge in [0.1, 0.15) is 0 Å². The standard InChI is InChI=1S/C21H29N3OS/c1-3-24(4-2)18-12-13-23(15-18)16-20(25)22-21(19-11-8-14-26-19)17-9-6-5-7-10-17/h5-11,14,18,21H,3-4,12-13,15-16H2,1-2H3,(H,22,25). The van der Waals surface area contributed by atoms with Gasteiger partial charge in [0.05, 0.1) is 12.6 Å². The highest BCUT2D eigenvalue weighted by Gasteiger charge is 2.28. The molecule has 1 amide bonds. The van der Waals surface area contributed by atoms with Crippen molar-refractivity contribution in [2.45, 2.75) is 32.4 Å². The lowest BCUT2D eigenvalue weighted by Crippen LogP contribution is -2.41. The van der Waals surface area contributed by atoms with E-state index in [-0.39, 0.29) is 11.9 Å². The molecule has 1 saturated heterocycles. The molecule has 0 aliphatic carbocycles. The first-order chi connectivity index (χ1) is 12.7. The number of carbonyl (C=O) groups is 1. The van der Waals surface area contributed by atoms with Crippen LogP contribution in [0.15, 0.2) is 47.8 Å². The summed E-state index contributed by atoms with van der Waals surface area (Å²) >= 11 is 1.69. The zero-order valence-corrected chi connectivity index (χ0v) is 16.5. The first-order valence-corrected chi connectivity index (χ1v) is 10.4. The maximum absolute atomic E-state index is 12.7. The van der Waals surface area contributed by atoms with Gasteiger partial charge in [-0.05, 0) is 36.5 Å². The molecule has 2 unspecified atom stereocenters. The van der Waals surface area contributed by atoms with Gasteiger partial charge in [-0.3, -0.25) is 14.6 Å². The average Bonchev–Trinajstić information content (AvgIpc) is 3.34. The van der Waals surface area contributed by atoms with E-state index in [0.717, 1.165) is 38.2 Å². The Kier molecular flexibility index (Phi) is 6.83. The summed E-state index contributed by atoms with van der Waals surface area (Å²) in [5.74, 6) is 0.104. The Morgan fingerprint density at radius 3 is 2.65 bits per heavy atom. The first kappa shape index (κ1) is 19.1. The van der Waals surface area contributed by atoms with E-state index < -0.39 is 0 Å². The minimum Gasteiger partial charge on any atom is -0.343 e. The Morgan fingerprint density at radius 1 is 1.23 bits per heavy atom. The van der Waals surface area contributed by atoms with Crippen LogP contribution < -0.4 is 5.32 Å². The summed E-state index contributed by atoms with van der Waals surface area (Å²) < 4.78 is 0. The zero-order chi connectivity index (χ0) is 18.4. The number of likely N-dealkylation sites (tertiary alicyclic amines) is 1. The van der Waals surface area contributed by atoms with Gasteiger partial charge in [0.2, 0.25) is 5.91 Å². The second-order valence-electron chi connectivity index (χ2n) is 6.83. The second kappa shape index (κ2) is 9.31. The number of hydrogen-bond acceptors (Lipinski definition) is 4. The van der Waals surface area contributed by atoms with E-state index in [2.05, 4.69) is 52.5 Å². The number of nitrogens with zero attached hydrogens (tertiary/aromatic N) is 2. The van der Waals surface area contributed by atoms with E-state index in [1.54, 1.807) is 11.3 Å². The van der Waals surface area contributed by atoms with Gasteiger partial charge in [0.15, 0.2) is 0 Å². The lowest BCUT2D eigenvalue weighted by Gasteiger charge is -2.26. The fourth-order valence-electron chi connectivity index (χ4n) is 3.82. The molecule has 5 heteroatoms. The summed E-state index contributed by atoms with van der Waals surface area (Å²) in [7, 11) is 0. The van der Waals surface area contributed by atoms with Crippen molar-refractivity contribution in [3.05, 3.63) is 58.3 Å². The predicted molar refractivity (Wildman–Crippen MR) is 109 cm³/mol. The number of likely N-dealkylation sites (N-methyl/N-ethyl adjacent to an activating group) is 1. The summed E-state index contributed by atoms with van der Waals surface area (Å²) in [6.07, 6.45) is 1.15. The lowest BCUT2D eigenvalue weighted by molar-refractivity contribution is -0.122. The van der Waals surface area contributed by atoms with Crippen molar-refractivity contribution in [3.8, 4) is 0 Å². The molecule has 3 rings (SSSR count). The van der Waals surface area contributed by atoms with Crippen molar-refractivity contribution in [2.24, 2.45) is 0 Å². The molecule has 2 aromatic rings. The molecule has 1 aromatic heterocycles. The van der Waals surface area contributed by atoms with Crippen LogP contribution in [0, 0.1) is 0 Å². The van der Waals surface area contributed by atoms with E-state index in [0.29, 0.717) is 12.6 Å². The predicted octanol–water partition coefficient (Wildman–Crippen LogP) is 3.37. The summed E-state index contributed by atoms with van der Waals surface area (Å²) in [6.45, 7) is 9.06. The van der Waals surface area contributed by atoms with Crippen LogP contribution in [0.3, 0.4) is 0 Å². The third-order valence-electron chi connectivity index (χ3n) is 5.21. The topological polar surface area (TPSA) is 35.6 Å². The van der Waals surface area contributed by atoms with Crippen molar-refractivity contribution in [3.63, 3.8) is 0 Å². The molecule has 1 N–H and O–H groups in total. The summed E-state index contributed by atoms with van der Waals surface area (Å²) in [5, 5.41) is 5.31. The molecule has 2 atom stereocenters. The smallest absolute Gasteiger partial charge is 0.234 e. The van der Waals surface area contributed by atoms with E-state index in [1.165, 1.54) is 4.88 Å². The van der Waals surface area contributed by atoms with Crippen molar-refractivity contribution in [2.75, 3.05) is 32.7 Å². The van der Waals surface area contributed by atoms with Crippen molar-refractivity contribution >= 4 is 17.2 Å². The number of rotatable bonds is 8. The second-order valence-corrected chi connectivity index (χ2v) is 7.80. The number of hydrogen-bond donors (Lipinski definition) is 1. The molecule has 1 aromatic carbocycles. The Bertz CT molecular complexity index is 670. The van der Waals surface area contributed by atoms with Crippen molar-refractivity contribution in [1.82, 2.24) is 15.1 Å². The number of carbonyl (C=O) groups excluding carboxylic acids is 1. The fourth-order valence-corrected chi connectivity index (χ4v) is 4.63. The third kappa shape index (κ3) is 4.72. The summed E-state index contributed by atoms with van der Waals surface area (Å²) in [5.41, 5.74) is 1.13. The van der Waals surface area contributed by atoms with Crippen LogP contribution in [0.5, 0.6) is 0 Å². The van der Waals surface area contributed by atoms with Gasteiger partial charge in [0.25, 0.3) is 0 Å². The Morgan fingerprint density at radius 2 is 2.00 bits per heavy atom. The molecule has 0 radical (unpaired) electrons. The minimum absolute atomic E-state index is 0.0649. The molecule has 1 fully saturated rings. The van der Waals surface area contributed by atoms with E-state index in [9.17, 15) is 4.79 Å². The van der Waals surface area contributed by atoms with Crippen LogP contribution in [0.4, 0.5) is 0 Å².